The van der Waals surface area contributed by atoms with E-state index in [1.165, 1.54) is 22.4 Å². The van der Waals surface area contributed by atoms with Crippen LogP contribution in [0.3, 0.4) is 0 Å². The zero-order chi connectivity index (χ0) is 22.7. The van der Waals surface area contributed by atoms with E-state index in [0.29, 0.717) is 6.04 Å². The molecule has 1 atom stereocenters. The summed E-state index contributed by atoms with van der Waals surface area (Å²) in [7, 11) is 1.69. The Hall–Kier alpha value is -2.70. The van der Waals surface area contributed by atoms with Crippen molar-refractivity contribution in [1.29, 1.82) is 0 Å². The van der Waals surface area contributed by atoms with Gasteiger partial charge in [-0.15, -0.1) is 0 Å². The second-order valence-electron chi connectivity index (χ2n) is 8.90. The van der Waals surface area contributed by atoms with E-state index < -0.39 is 0 Å². The van der Waals surface area contributed by atoms with E-state index in [9.17, 15) is 0 Å². The fourth-order valence-electron chi connectivity index (χ4n) is 4.39. The molecule has 0 amide bonds. The maximum absolute atomic E-state index is 6.08. The Morgan fingerprint density at radius 1 is 1.09 bits per heavy atom. The standard InChI is InChI=1S/C26H34N4O2/c1-18(2)30-20(4)24(19(3)28-30)16-29-12-13-32-26(17-29)25-11-8-22(15-27-25)14-21-6-9-23(31-5)10-7-21/h6-11,15,18,26H,12-14,16-17H2,1-5H3/t26-/m1/s1. The summed E-state index contributed by atoms with van der Waals surface area (Å²) in [5, 5.41) is 4.75. The van der Waals surface area contributed by atoms with Crippen molar-refractivity contribution >= 4 is 0 Å². The van der Waals surface area contributed by atoms with Crippen LogP contribution in [0, 0.1) is 13.8 Å². The van der Waals surface area contributed by atoms with Crippen LogP contribution in [-0.2, 0) is 17.7 Å². The van der Waals surface area contributed by atoms with Gasteiger partial charge < -0.3 is 9.47 Å². The van der Waals surface area contributed by atoms with Gasteiger partial charge in [0.15, 0.2) is 0 Å². The van der Waals surface area contributed by atoms with Crippen LogP contribution >= 0.6 is 0 Å². The van der Waals surface area contributed by atoms with Gasteiger partial charge in [0.1, 0.15) is 11.9 Å². The second kappa shape index (κ2) is 9.84. The van der Waals surface area contributed by atoms with E-state index in [1.54, 1.807) is 7.11 Å². The number of morpholine rings is 1. The van der Waals surface area contributed by atoms with E-state index >= 15 is 0 Å². The Morgan fingerprint density at radius 3 is 2.47 bits per heavy atom. The summed E-state index contributed by atoms with van der Waals surface area (Å²) in [5.74, 6) is 0.878. The average Bonchev–Trinajstić information content (AvgIpc) is 3.09. The van der Waals surface area contributed by atoms with Gasteiger partial charge >= 0.3 is 0 Å². The van der Waals surface area contributed by atoms with E-state index in [2.05, 4.69) is 61.5 Å². The predicted octanol–water partition coefficient (Wildman–Crippen LogP) is 4.65. The first-order valence-corrected chi connectivity index (χ1v) is 11.4. The first-order valence-electron chi connectivity index (χ1n) is 11.4. The normalized spacial score (nSPS) is 17.1. The summed E-state index contributed by atoms with van der Waals surface area (Å²) in [6.07, 6.45) is 2.83. The first kappa shape index (κ1) is 22.5. The first-order chi connectivity index (χ1) is 15.4. The summed E-state index contributed by atoms with van der Waals surface area (Å²) in [6, 6.07) is 12.8. The topological polar surface area (TPSA) is 52.4 Å². The molecule has 1 aromatic carbocycles. The van der Waals surface area contributed by atoms with Crippen LogP contribution in [0.4, 0.5) is 0 Å². The summed E-state index contributed by atoms with van der Waals surface area (Å²) in [6.45, 7) is 12.0. The lowest BCUT2D eigenvalue weighted by Gasteiger charge is -2.32. The molecule has 0 saturated carbocycles. The minimum atomic E-state index is -0.000424. The van der Waals surface area contributed by atoms with E-state index in [1.807, 2.05) is 18.3 Å². The molecule has 0 bridgehead atoms. The molecule has 6 heteroatoms. The number of aromatic nitrogens is 3. The zero-order valence-corrected chi connectivity index (χ0v) is 19.8. The molecule has 1 aliphatic heterocycles. The van der Waals surface area contributed by atoms with Gasteiger partial charge in [0.2, 0.25) is 0 Å². The number of pyridine rings is 1. The molecule has 0 aliphatic carbocycles. The molecule has 0 radical (unpaired) electrons. The lowest BCUT2D eigenvalue weighted by molar-refractivity contribution is -0.0351. The van der Waals surface area contributed by atoms with Gasteiger partial charge in [0, 0.05) is 43.1 Å². The van der Waals surface area contributed by atoms with Gasteiger partial charge in [-0.25, -0.2) is 0 Å². The highest BCUT2D eigenvalue weighted by Gasteiger charge is 2.25. The largest absolute Gasteiger partial charge is 0.497 e. The highest BCUT2D eigenvalue weighted by Crippen LogP contribution is 2.25. The number of methoxy groups -OCH3 is 1. The van der Waals surface area contributed by atoms with Gasteiger partial charge in [-0.3, -0.25) is 14.6 Å². The molecule has 2 aromatic heterocycles. The monoisotopic (exact) mass is 434 g/mol. The van der Waals surface area contributed by atoms with Crippen molar-refractivity contribution < 1.29 is 9.47 Å². The minimum Gasteiger partial charge on any atom is -0.497 e. The van der Waals surface area contributed by atoms with Crippen LogP contribution in [0.15, 0.2) is 42.6 Å². The lowest BCUT2D eigenvalue weighted by Crippen LogP contribution is -2.38. The van der Waals surface area contributed by atoms with Crippen LogP contribution in [0.1, 0.15) is 59.8 Å². The van der Waals surface area contributed by atoms with Gasteiger partial charge in [-0.2, -0.15) is 5.10 Å². The van der Waals surface area contributed by atoms with Gasteiger partial charge in [-0.05, 0) is 63.4 Å². The van der Waals surface area contributed by atoms with Crippen molar-refractivity contribution in [3.8, 4) is 5.75 Å². The Labute approximate surface area is 191 Å². The minimum absolute atomic E-state index is 0.000424. The SMILES string of the molecule is COc1ccc(Cc2ccc([C@H]3CN(Cc4c(C)nn(C(C)C)c4C)CCO3)nc2)cc1. The molecule has 3 aromatic rings. The Balaban J connectivity index is 1.40. The van der Waals surface area contributed by atoms with Gasteiger partial charge in [-0.1, -0.05) is 18.2 Å². The maximum Gasteiger partial charge on any atom is 0.118 e. The smallest absolute Gasteiger partial charge is 0.118 e. The molecule has 0 spiro atoms. The third-order valence-electron chi connectivity index (χ3n) is 6.24. The molecule has 3 heterocycles. The number of aryl methyl sites for hydroxylation is 1. The van der Waals surface area contributed by atoms with Crippen molar-refractivity contribution in [2.24, 2.45) is 0 Å². The third kappa shape index (κ3) is 5.03. The maximum atomic E-state index is 6.08. The quantitative estimate of drug-likeness (QED) is 0.542. The van der Waals surface area contributed by atoms with Crippen LogP contribution in [0.2, 0.25) is 0 Å². The summed E-state index contributed by atoms with van der Waals surface area (Å²) in [5.41, 5.74) is 7.16. The highest BCUT2D eigenvalue weighted by atomic mass is 16.5. The Morgan fingerprint density at radius 2 is 1.84 bits per heavy atom. The summed E-state index contributed by atoms with van der Waals surface area (Å²) < 4.78 is 13.4. The number of hydrogen-bond donors (Lipinski definition) is 0. The molecule has 1 saturated heterocycles. The number of nitrogens with zero attached hydrogens (tertiary/aromatic N) is 4. The number of ether oxygens (including phenoxy) is 2. The summed E-state index contributed by atoms with van der Waals surface area (Å²) >= 11 is 0. The number of hydrogen-bond acceptors (Lipinski definition) is 5. The van der Waals surface area contributed by atoms with E-state index in [4.69, 9.17) is 19.6 Å². The Bertz CT molecular complexity index is 1030. The number of rotatable bonds is 7. The van der Waals surface area contributed by atoms with Crippen LogP contribution in [0.25, 0.3) is 0 Å². The Kier molecular flexibility index (Phi) is 6.92. The highest BCUT2D eigenvalue weighted by molar-refractivity contribution is 5.31. The van der Waals surface area contributed by atoms with Crippen molar-refractivity contribution in [3.63, 3.8) is 0 Å². The molecule has 0 N–H and O–H groups in total. The fraction of sp³-hybridized carbons (Fsp3) is 0.462. The van der Waals surface area contributed by atoms with E-state index in [-0.39, 0.29) is 6.10 Å². The second-order valence-corrected chi connectivity index (χ2v) is 8.90. The number of benzene rings is 1. The molecule has 1 aliphatic rings. The zero-order valence-electron chi connectivity index (χ0n) is 19.8. The van der Waals surface area contributed by atoms with Crippen LogP contribution < -0.4 is 4.74 Å². The van der Waals surface area contributed by atoms with Crippen molar-refractivity contribution in [2.75, 3.05) is 26.8 Å². The molecule has 6 nitrogen and oxygen atoms in total. The molecule has 0 unspecified atom stereocenters. The third-order valence-corrected chi connectivity index (χ3v) is 6.24. The molecule has 4 rings (SSSR count). The molecular weight excluding hydrogens is 400 g/mol. The molecule has 170 valence electrons. The van der Waals surface area contributed by atoms with Crippen LogP contribution in [-0.4, -0.2) is 46.5 Å². The predicted molar refractivity (Wildman–Crippen MR) is 126 cm³/mol. The summed E-state index contributed by atoms with van der Waals surface area (Å²) in [4.78, 5) is 7.20. The van der Waals surface area contributed by atoms with E-state index in [0.717, 1.165) is 49.8 Å². The van der Waals surface area contributed by atoms with Crippen molar-refractivity contribution in [2.45, 2.75) is 52.8 Å². The molecular formula is C26H34N4O2. The van der Waals surface area contributed by atoms with Crippen molar-refractivity contribution in [3.05, 3.63) is 76.4 Å². The van der Waals surface area contributed by atoms with Crippen molar-refractivity contribution in [1.82, 2.24) is 19.7 Å². The van der Waals surface area contributed by atoms with Gasteiger partial charge in [0.25, 0.3) is 0 Å². The van der Waals surface area contributed by atoms with Crippen LogP contribution in [0.5, 0.6) is 5.75 Å². The average molecular weight is 435 g/mol. The molecule has 32 heavy (non-hydrogen) atoms. The fourth-order valence-corrected chi connectivity index (χ4v) is 4.39. The lowest BCUT2D eigenvalue weighted by atomic mass is 10.1. The van der Waals surface area contributed by atoms with Gasteiger partial charge in [0.05, 0.1) is 25.1 Å². The molecule has 1 fully saturated rings.